The highest BCUT2D eigenvalue weighted by atomic mass is 127. The van der Waals surface area contributed by atoms with Gasteiger partial charge in [-0.25, -0.2) is 0 Å². The number of fused-ring (bicyclic) bond motifs is 3. The molecule has 0 atom stereocenters. The fraction of sp³-hybridized carbons (Fsp3) is 0.143. The lowest BCUT2D eigenvalue weighted by molar-refractivity contribution is 1.44. The zero-order valence-electron chi connectivity index (χ0n) is 9.57. The van der Waals surface area contributed by atoms with Gasteiger partial charge in [0.15, 0.2) is 0 Å². The van der Waals surface area contributed by atoms with Crippen LogP contribution in [0.5, 0.6) is 0 Å². The Labute approximate surface area is 127 Å². The maximum atomic E-state index is 3.55. The molecule has 0 fully saturated rings. The van der Waals surface area contributed by atoms with E-state index in [2.05, 4.69) is 88.3 Å². The van der Waals surface area contributed by atoms with E-state index in [9.17, 15) is 0 Å². The summed E-state index contributed by atoms with van der Waals surface area (Å²) in [7, 11) is 0. The fourth-order valence-electron chi connectivity index (χ4n) is 2.29. The van der Waals surface area contributed by atoms with Crippen LogP contribution < -0.4 is 0 Å². The van der Waals surface area contributed by atoms with Crippen LogP contribution in [-0.4, -0.2) is 4.98 Å². The van der Waals surface area contributed by atoms with Crippen molar-refractivity contribution in [2.45, 2.75) is 13.8 Å². The van der Waals surface area contributed by atoms with Gasteiger partial charge in [0.1, 0.15) is 0 Å². The molecule has 0 spiro atoms. The van der Waals surface area contributed by atoms with Gasteiger partial charge in [0.05, 0.1) is 11.0 Å². The second-order valence-corrected chi connectivity index (χ2v) is 6.79. The largest absolute Gasteiger partial charge is 0.353 e. The minimum atomic E-state index is 1.26. The predicted molar refractivity (Wildman–Crippen MR) is 90.7 cm³/mol. The number of hydrogen-bond donors (Lipinski definition) is 1. The quantitative estimate of drug-likeness (QED) is 0.460. The molecule has 3 heteroatoms. The average molecular weight is 447 g/mol. The highest BCUT2D eigenvalue weighted by Gasteiger charge is 2.10. The van der Waals surface area contributed by atoms with E-state index in [1.165, 1.54) is 40.1 Å². The lowest BCUT2D eigenvalue weighted by atomic mass is 10.1. The second kappa shape index (κ2) is 4.12. The Bertz CT molecular complexity index is 679. The van der Waals surface area contributed by atoms with E-state index < -0.39 is 0 Å². The SMILES string of the molecule is Cc1cc(I)c2[nH]c3c(I)cc(C)cc3c2c1. The number of benzene rings is 2. The molecule has 0 radical (unpaired) electrons. The van der Waals surface area contributed by atoms with E-state index in [1.807, 2.05) is 0 Å². The van der Waals surface area contributed by atoms with Crippen molar-refractivity contribution in [3.05, 3.63) is 42.5 Å². The summed E-state index contributed by atoms with van der Waals surface area (Å²) < 4.78 is 2.59. The fourth-order valence-corrected chi connectivity index (χ4v) is 4.12. The van der Waals surface area contributed by atoms with Gasteiger partial charge in [-0.3, -0.25) is 0 Å². The Hall–Kier alpha value is -0.300. The lowest BCUT2D eigenvalue weighted by Crippen LogP contribution is -1.78. The summed E-state index contributed by atoms with van der Waals surface area (Å²) in [5, 5.41) is 2.68. The number of aromatic amines is 1. The molecule has 0 aliphatic rings. The maximum Gasteiger partial charge on any atom is 0.0600 e. The smallest absolute Gasteiger partial charge is 0.0600 e. The molecule has 86 valence electrons. The molecular weight excluding hydrogens is 436 g/mol. The highest BCUT2D eigenvalue weighted by Crippen LogP contribution is 2.32. The van der Waals surface area contributed by atoms with Gasteiger partial charge >= 0.3 is 0 Å². The third kappa shape index (κ3) is 1.87. The van der Waals surface area contributed by atoms with Crippen molar-refractivity contribution in [2.24, 2.45) is 0 Å². The molecule has 3 aromatic rings. The van der Waals surface area contributed by atoms with Gasteiger partial charge in [0, 0.05) is 17.9 Å². The topological polar surface area (TPSA) is 15.8 Å². The van der Waals surface area contributed by atoms with Crippen LogP contribution in [0.3, 0.4) is 0 Å². The number of aromatic nitrogens is 1. The Morgan fingerprint density at radius 3 is 1.59 bits per heavy atom. The van der Waals surface area contributed by atoms with Crippen LogP contribution in [-0.2, 0) is 0 Å². The zero-order valence-corrected chi connectivity index (χ0v) is 13.9. The molecule has 0 amide bonds. The van der Waals surface area contributed by atoms with Gasteiger partial charge in [-0.1, -0.05) is 0 Å². The Kier molecular flexibility index (Phi) is 2.85. The maximum absolute atomic E-state index is 3.55. The van der Waals surface area contributed by atoms with Crippen molar-refractivity contribution in [1.29, 1.82) is 0 Å². The van der Waals surface area contributed by atoms with Gasteiger partial charge in [0.25, 0.3) is 0 Å². The van der Waals surface area contributed by atoms with Crippen LogP contribution in [0.15, 0.2) is 24.3 Å². The van der Waals surface area contributed by atoms with Crippen molar-refractivity contribution in [3.63, 3.8) is 0 Å². The van der Waals surface area contributed by atoms with Crippen molar-refractivity contribution < 1.29 is 0 Å². The second-order valence-electron chi connectivity index (χ2n) is 4.46. The summed E-state index contributed by atoms with van der Waals surface area (Å²) in [4.78, 5) is 3.55. The first-order valence-corrected chi connectivity index (χ1v) is 7.59. The lowest BCUT2D eigenvalue weighted by Gasteiger charge is -1.98. The first-order chi connectivity index (χ1) is 8.06. The van der Waals surface area contributed by atoms with Gasteiger partial charge < -0.3 is 4.98 Å². The molecule has 17 heavy (non-hydrogen) atoms. The average Bonchev–Trinajstić information content (AvgIpc) is 2.58. The molecule has 1 N–H and O–H groups in total. The zero-order chi connectivity index (χ0) is 12.2. The Balaban J connectivity index is 2.60. The van der Waals surface area contributed by atoms with Crippen LogP contribution in [0.4, 0.5) is 0 Å². The van der Waals surface area contributed by atoms with E-state index in [1.54, 1.807) is 0 Å². The summed E-state index contributed by atoms with van der Waals surface area (Å²) in [5.41, 5.74) is 5.16. The number of hydrogen-bond acceptors (Lipinski definition) is 0. The molecule has 1 nitrogen and oxygen atoms in total. The minimum absolute atomic E-state index is 1.26. The van der Waals surface area contributed by atoms with E-state index in [-0.39, 0.29) is 0 Å². The molecular formula is C14H11I2N. The van der Waals surface area contributed by atoms with E-state index in [0.717, 1.165) is 0 Å². The van der Waals surface area contributed by atoms with Crippen LogP contribution in [0.2, 0.25) is 0 Å². The summed E-state index contributed by atoms with van der Waals surface area (Å²) >= 11 is 4.81. The van der Waals surface area contributed by atoms with Gasteiger partial charge in [-0.15, -0.1) is 0 Å². The van der Waals surface area contributed by atoms with Gasteiger partial charge in [-0.05, 0) is 94.4 Å². The molecule has 2 aromatic carbocycles. The predicted octanol–water partition coefficient (Wildman–Crippen LogP) is 5.15. The summed E-state index contributed by atoms with van der Waals surface area (Å²) in [5.74, 6) is 0. The normalized spacial score (nSPS) is 11.5. The monoisotopic (exact) mass is 447 g/mol. The molecule has 0 aliphatic heterocycles. The highest BCUT2D eigenvalue weighted by molar-refractivity contribution is 14.1. The molecule has 1 heterocycles. The third-order valence-corrected chi connectivity index (χ3v) is 4.71. The molecule has 3 rings (SSSR count). The van der Waals surface area contributed by atoms with E-state index >= 15 is 0 Å². The molecule has 0 saturated heterocycles. The van der Waals surface area contributed by atoms with Crippen molar-refractivity contribution in [3.8, 4) is 0 Å². The molecule has 0 bridgehead atoms. The summed E-state index contributed by atoms with van der Waals surface area (Å²) in [6.45, 7) is 4.31. The number of aryl methyl sites for hydroxylation is 2. The Morgan fingerprint density at radius 1 is 0.765 bits per heavy atom. The van der Waals surface area contributed by atoms with Crippen molar-refractivity contribution >= 4 is 67.0 Å². The van der Waals surface area contributed by atoms with E-state index in [4.69, 9.17) is 0 Å². The van der Waals surface area contributed by atoms with Crippen molar-refractivity contribution in [2.75, 3.05) is 0 Å². The van der Waals surface area contributed by atoms with Crippen LogP contribution >= 0.6 is 45.2 Å². The number of rotatable bonds is 0. The summed E-state index contributed by atoms with van der Waals surface area (Å²) in [6.07, 6.45) is 0. The van der Waals surface area contributed by atoms with Gasteiger partial charge in [-0.2, -0.15) is 0 Å². The third-order valence-electron chi connectivity index (χ3n) is 3.01. The summed E-state index contributed by atoms with van der Waals surface area (Å²) in [6, 6.07) is 8.98. The number of halogens is 2. The minimum Gasteiger partial charge on any atom is -0.353 e. The first kappa shape index (κ1) is 11.8. The van der Waals surface area contributed by atoms with Crippen LogP contribution in [0, 0.1) is 21.0 Å². The molecule has 0 unspecified atom stereocenters. The van der Waals surface area contributed by atoms with Crippen LogP contribution in [0.25, 0.3) is 21.8 Å². The van der Waals surface area contributed by atoms with Gasteiger partial charge in [0.2, 0.25) is 0 Å². The molecule has 1 aromatic heterocycles. The number of nitrogens with one attached hydrogen (secondary N) is 1. The molecule has 0 aliphatic carbocycles. The van der Waals surface area contributed by atoms with Crippen LogP contribution in [0.1, 0.15) is 11.1 Å². The number of H-pyrrole nitrogens is 1. The van der Waals surface area contributed by atoms with E-state index in [0.29, 0.717) is 0 Å². The first-order valence-electron chi connectivity index (χ1n) is 5.44. The Morgan fingerprint density at radius 2 is 1.18 bits per heavy atom. The van der Waals surface area contributed by atoms with Crippen molar-refractivity contribution in [1.82, 2.24) is 4.98 Å². The molecule has 0 saturated carbocycles. The standard InChI is InChI=1S/C14H11I2N/c1-7-3-9-10-4-8(2)6-12(16)14(10)17-13(9)11(15)5-7/h3-6,17H,1-2H3.